The lowest BCUT2D eigenvalue weighted by Crippen LogP contribution is -2.29. The quantitative estimate of drug-likeness (QED) is 0.842. The SMILES string of the molecule is CN(C)CCN(C)c1c(Cl)cccc1CCN. The lowest BCUT2D eigenvalue weighted by molar-refractivity contribution is 0.416. The first-order chi connectivity index (χ1) is 8.06. The van der Waals surface area contributed by atoms with E-state index < -0.39 is 0 Å². The molecule has 0 heterocycles. The van der Waals surface area contributed by atoms with Gasteiger partial charge in [-0.05, 0) is 38.7 Å². The largest absolute Gasteiger partial charge is 0.372 e. The van der Waals surface area contributed by atoms with Crippen molar-refractivity contribution in [1.29, 1.82) is 0 Å². The Morgan fingerprint density at radius 2 is 1.88 bits per heavy atom. The summed E-state index contributed by atoms with van der Waals surface area (Å²) in [6.45, 7) is 2.60. The summed E-state index contributed by atoms with van der Waals surface area (Å²) in [5.41, 5.74) is 7.97. The van der Waals surface area contributed by atoms with Crippen molar-refractivity contribution in [3.8, 4) is 0 Å². The maximum atomic E-state index is 6.28. The minimum Gasteiger partial charge on any atom is -0.372 e. The third-order valence-electron chi connectivity index (χ3n) is 2.75. The highest BCUT2D eigenvalue weighted by Crippen LogP contribution is 2.29. The molecule has 0 bridgehead atoms. The van der Waals surface area contributed by atoms with Gasteiger partial charge in [0, 0.05) is 20.1 Å². The molecule has 17 heavy (non-hydrogen) atoms. The van der Waals surface area contributed by atoms with Crippen molar-refractivity contribution in [2.75, 3.05) is 45.7 Å². The topological polar surface area (TPSA) is 32.5 Å². The molecular weight excluding hydrogens is 234 g/mol. The summed E-state index contributed by atoms with van der Waals surface area (Å²) in [7, 11) is 6.22. The van der Waals surface area contributed by atoms with Crippen LogP contribution >= 0.6 is 11.6 Å². The smallest absolute Gasteiger partial charge is 0.0642 e. The molecule has 0 unspecified atom stereocenters. The van der Waals surface area contributed by atoms with E-state index in [-0.39, 0.29) is 0 Å². The van der Waals surface area contributed by atoms with E-state index in [0.29, 0.717) is 6.54 Å². The highest BCUT2D eigenvalue weighted by atomic mass is 35.5. The first kappa shape index (κ1) is 14.3. The van der Waals surface area contributed by atoms with Crippen LogP contribution in [0.5, 0.6) is 0 Å². The fourth-order valence-corrected chi connectivity index (χ4v) is 2.14. The van der Waals surface area contributed by atoms with Crippen LogP contribution in [0, 0.1) is 0 Å². The van der Waals surface area contributed by atoms with Crippen molar-refractivity contribution in [3.05, 3.63) is 28.8 Å². The zero-order valence-corrected chi connectivity index (χ0v) is 11.7. The predicted octanol–water partition coefficient (Wildman–Crippen LogP) is 1.84. The van der Waals surface area contributed by atoms with Crippen LogP contribution in [0.3, 0.4) is 0 Å². The van der Waals surface area contributed by atoms with Gasteiger partial charge in [0.25, 0.3) is 0 Å². The molecule has 0 saturated carbocycles. The van der Waals surface area contributed by atoms with Crippen LogP contribution in [0.25, 0.3) is 0 Å². The average Bonchev–Trinajstić information content (AvgIpc) is 2.26. The Labute approximate surface area is 109 Å². The standard InChI is InChI=1S/C13H22ClN3/c1-16(2)9-10-17(3)13-11(7-8-15)5-4-6-12(13)14/h4-6H,7-10,15H2,1-3H3. The fourth-order valence-electron chi connectivity index (χ4n) is 1.81. The Hall–Kier alpha value is -0.770. The molecule has 0 aromatic heterocycles. The first-order valence-electron chi connectivity index (χ1n) is 5.89. The van der Waals surface area contributed by atoms with Crippen LogP contribution < -0.4 is 10.6 Å². The minimum atomic E-state index is 0.648. The molecule has 0 saturated heterocycles. The number of nitrogens with two attached hydrogens (primary N) is 1. The summed E-state index contributed by atoms with van der Waals surface area (Å²) < 4.78 is 0. The van der Waals surface area contributed by atoms with Gasteiger partial charge in [-0.3, -0.25) is 0 Å². The van der Waals surface area contributed by atoms with E-state index >= 15 is 0 Å². The van der Waals surface area contributed by atoms with Crippen LogP contribution in [0.4, 0.5) is 5.69 Å². The van der Waals surface area contributed by atoms with E-state index in [2.05, 4.69) is 37.0 Å². The maximum absolute atomic E-state index is 6.28. The van der Waals surface area contributed by atoms with Gasteiger partial charge in [-0.1, -0.05) is 23.7 Å². The third kappa shape index (κ3) is 4.19. The summed E-state index contributed by atoms with van der Waals surface area (Å²) in [4.78, 5) is 4.36. The molecule has 2 N–H and O–H groups in total. The van der Waals surface area contributed by atoms with Crippen molar-refractivity contribution in [2.24, 2.45) is 5.73 Å². The molecule has 1 rings (SSSR count). The Morgan fingerprint density at radius 3 is 2.47 bits per heavy atom. The Morgan fingerprint density at radius 1 is 1.18 bits per heavy atom. The molecule has 1 aromatic rings. The summed E-state index contributed by atoms with van der Waals surface area (Å²) >= 11 is 6.28. The minimum absolute atomic E-state index is 0.648. The molecule has 0 fully saturated rings. The molecule has 0 radical (unpaired) electrons. The van der Waals surface area contributed by atoms with Crippen LogP contribution in [0.2, 0.25) is 5.02 Å². The molecule has 4 heteroatoms. The summed E-state index contributed by atoms with van der Waals surface area (Å²) in [6, 6.07) is 6.01. The molecule has 0 aliphatic rings. The zero-order chi connectivity index (χ0) is 12.8. The van der Waals surface area contributed by atoms with Gasteiger partial charge < -0.3 is 15.5 Å². The van der Waals surface area contributed by atoms with E-state index in [1.807, 2.05) is 12.1 Å². The van der Waals surface area contributed by atoms with Gasteiger partial charge in [0.05, 0.1) is 10.7 Å². The highest BCUT2D eigenvalue weighted by molar-refractivity contribution is 6.33. The second kappa shape index (κ2) is 6.84. The lowest BCUT2D eigenvalue weighted by Gasteiger charge is -2.25. The first-order valence-corrected chi connectivity index (χ1v) is 6.27. The van der Waals surface area contributed by atoms with E-state index in [0.717, 1.165) is 30.2 Å². The van der Waals surface area contributed by atoms with Crippen LogP contribution in [-0.2, 0) is 6.42 Å². The van der Waals surface area contributed by atoms with Gasteiger partial charge in [0.2, 0.25) is 0 Å². The van der Waals surface area contributed by atoms with E-state index in [1.165, 1.54) is 5.56 Å². The molecule has 0 aliphatic carbocycles. The van der Waals surface area contributed by atoms with Crippen molar-refractivity contribution >= 4 is 17.3 Å². The van der Waals surface area contributed by atoms with Crippen molar-refractivity contribution < 1.29 is 0 Å². The van der Waals surface area contributed by atoms with Gasteiger partial charge in [-0.2, -0.15) is 0 Å². The average molecular weight is 256 g/mol. The highest BCUT2D eigenvalue weighted by Gasteiger charge is 2.11. The van der Waals surface area contributed by atoms with Crippen molar-refractivity contribution in [1.82, 2.24) is 4.90 Å². The normalized spacial score (nSPS) is 10.9. The van der Waals surface area contributed by atoms with Gasteiger partial charge in [-0.25, -0.2) is 0 Å². The molecule has 96 valence electrons. The molecule has 0 atom stereocenters. The third-order valence-corrected chi connectivity index (χ3v) is 3.05. The molecule has 0 aliphatic heterocycles. The summed E-state index contributed by atoms with van der Waals surface area (Å²) in [6.07, 6.45) is 0.863. The Bertz CT molecular complexity index is 353. The maximum Gasteiger partial charge on any atom is 0.0642 e. The number of anilines is 1. The van der Waals surface area contributed by atoms with Crippen molar-refractivity contribution in [2.45, 2.75) is 6.42 Å². The Balaban J connectivity index is 2.86. The Kier molecular flexibility index (Phi) is 5.75. The number of hydrogen-bond donors (Lipinski definition) is 1. The number of nitrogens with zero attached hydrogens (tertiary/aromatic N) is 2. The van der Waals surface area contributed by atoms with Gasteiger partial charge in [0.15, 0.2) is 0 Å². The molecular formula is C13H22ClN3. The summed E-state index contributed by atoms with van der Waals surface area (Å²) in [5.74, 6) is 0. The predicted molar refractivity (Wildman–Crippen MR) is 76.0 cm³/mol. The lowest BCUT2D eigenvalue weighted by atomic mass is 10.1. The molecule has 0 spiro atoms. The number of rotatable bonds is 6. The van der Waals surface area contributed by atoms with Gasteiger partial charge >= 0.3 is 0 Å². The molecule has 3 nitrogen and oxygen atoms in total. The number of likely N-dealkylation sites (N-methyl/N-ethyl adjacent to an activating group) is 2. The van der Waals surface area contributed by atoms with Gasteiger partial charge in [-0.15, -0.1) is 0 Å². The van der Waals surface area contributed by atoms with E-state index in [1.54, 1.807) is 0 Å². The number of hydrogen-bond acceptors (Lipinski definition) is 3. The van der Waals surface area contributed by atoms with E-state index in [4.69, 9.17) is 17.3 Å². The second-order valence-corrected chi connectivity index (χ2v) is 4.92. The van der Waals surface area contributed by atoms with Gasteiger partial charge in [0.1, 0.15) is 0 Å². The number of benzene rings is 1. The number of halogens is 1. The van der Waals surface area contributed by atoms with Crippen molar-refractivity contribution in [3.63, 3.8) is 0 Å². The zero-order valence-electron chi connectivity index (χ0n) is 10.9. The van der Waals surface area contributed by atoms with E-state index in [9.17, 15) is 0 Å². The number of para-hydroxylation sites is 1. The second-order valence-electron chi connectivity index (χ2n) is 4.51. The molecule has 0 amide bonds. The van der Waals surface area contributed by atoms with Crippen LogP contribution in [0.1, 0.15) is 5.56 Å². The monoisotopic (exact) mass is 255 g/mol. The summed E-state index contributed by atoms with van der Waals surface area (Å²) in [5, 5.41) is 0.803. The van der Waals surface area contributed by atoms with Crippen LogP contribution in [-0.4, -0.2) is 45.7 Å². The fraction of sp³-hybridized carbons (Fsp3) is 0.538. The molecule has 1 aromatic carbocycles. The van der Waals surface area contributed by atoms with Crippen LogP contribution in [0.15, 0.2) is 18.2 Å².